The van der Waals surface area contributed by atoms with Crippen LogP contribution < -0.4 is 16.8 Å². The fourth-order valence-electron chi connectivity index (χ4n) is 3.10. The van der Waals surface area contributed by atoms with E-state index >= 15 is 0 Å². The van der Waals surface area contributed by atoms with Crippen LogP contribution in [0.4, 0.5) is 8.78 Å². The molecule has 1 atom stereocenters. The maximum Gasteiger partial charge on any atom is 0.263 e. The zero-order valence-electron chi connectivity index (χ0n) is 14.0. The molecule has 1 aliphatic heterocycles. The van der Waals surface area contributed by atoms with Crippen LogP contribution in [0, 0.1) is 11.8 Å². The van der Waals surface area contributed by atoms with E-state index in [1.807, 2.05) is 6.92 Å². The number of carbonyl (C=O) groups excluding carboxylic acids is 1. The summed E-state index contributed by atoms with van der Waals surface area (Å²) in [4.78, 5) is 20.5. The number of pyridine rings is 1. The monoisotopic (exact) mass is 357 g/mol. The molecule has 0 fully saturated rings. The van der Waals surface area contributed by atoms with Crippen molar-refractivity contribution in [2.45, 2.75) is 18.9 Å². The highest BCUT2D eigenvalue weighted by atomic mass is 19.1. The molecule has 0 unspecified atom stereocenters. The maximum atomic E-state index is 14.4. The molecule has 26 heavy (non-hydrogen) atoms. The Kier molecular flexibility index (Phi) is 4.41. The summed E-state index contributed by atoms with van der Waals surface area (Å²) in [5.74, 6) is -2.04. The van der Waals surface area contributed by atoms with Gasteiger partial charge in [0.05, 0.1) is 0 Å². The fraction of sp³-hybridized carbons (Fsp3) is 0.167. The lowest BCUT2D eigenvalue weighted by molar-refractivity contribution is -0.122. The van der Waals surface area contributed by atoms with Gasteiger partial charge in [-0.2, -0.15) is 4.39 Å². The number of halogens is 2. The summed E-state index contributed by atoms with van der Waals surface area (Å²) in [5, 5.41) is 2.45. The molecule has 0 radical (unpaired) electrons. The molecule has 0 saturated heterocycles. The van der Waals surface area contributed by atoms with Gasteiger partial charge in [-0.25, -0.2) is 14.4 Å². The third-order valence-electron chi connectivity index (χ3n) is 4.34. The summed E-state index contributed by atoms with van der Waals surface area (Å²) in [6, 6.07) is 6.84. The molecule has 2 aromatic rings. The SMILES string of the molecule is CC/C(=C\N)[C@]1(c2ccc(F)c(-c3cccnc3F)c2)N=C(N)NC1=O. The Hall–Kier alpha value is -3.29. The average Bonchev–Trinajstić information content (AvgIpc) is 2.92. The van der Waals surface area contributed by atoms with Gasteiger partial charge >= 0.3 is 0 Å². The van der Waals surface area contributed by atoms with Gasteiger partial charge in [0, 0.05) is 17.3 Å². The molecule has 2 heterocycles. The standard InChI is InChI=1S/C18H17F2N5O/c1-2-10(9-21)18(16(26)24-17(22)25-18)11-5-6-14(19)13(8-11)12-4-3-7-23-15(12)20/h3-9H,2,21H2,1H3,(H3,22,24,25,26)/b10-9+/t18-/m1/s1. The number of rotatable bonds is 4. The van der Waals surface area contributed by atoms with E-state index in [-0.39, 0.29) is 17.1 Å². The number of aliphatic imine (C=N–C) groups is 1. The Labute approximate surface area is 148 Å². The van der Waals surface area contributed by atoms with Crippen molar-refractivity contribution in [2.24, 2.45) is 16.5 Å². The first-order valence-electron chi connectivity index (χ1n) is 7.93. The zero-order valence-corrected chi connectivity index (χ0v) is 14.0. The van der Waals surface area contributed by atoms with Crippen LogP contribution in [0.5, 0.6) is 0 Å². The van der Waals surface area contributed by atoms with E-state index in [9.17, 15) is 13.6 Å². The summed E-state index contributed by atoms with van der Waals surface area (Å²) in [5.41, 5.74) is 10.6. The van der Waals surface area contributed by atoms with E-state index in [2.05, 4.69) is 15.3 Å². The molecule has 134 valence electrons. The molecular weight excluding hydrogens is 340 g/mol. The molecule has 1 amide bonds. The third-order valence-corrected chi connectivity index (χ3v) is 4.34. The summed E-state index contributed by atoms with van der Waals surface area (Å²) in [6.07, 6.45) is 2.97. The highest BCUT2D eigenvalue weighted by Gasteiger charge is 2.47. The fourth-order valence-corrected chi connectivity index (χ4v) is 3.10. The zero-order chi connectivity index (χ0) is 18.9. The Morgan fingerprint density at radius 2 is 2.08 bits per heavy atom. The van der Waals surface area contributed by atoms with Gasteiger partial charge in [-0.15, -0.1) is 0 Å². The van der Waals surface area contributed by atoms with Crippen LogP contribution in [0.15, 0.2) is 53.3 Å². The van der Waals surface area contributed by atoms with Crippen molar-refractivity contribution in [3.8, 4) is 11.1 Å². The molecule has 1 aliphatic rings. The number of nitrogens with zero attached hydrogens (tertiary/aromatic N) is 2. The molecule has 0 saturated carbocycles. The molecule has 0 bridgehead atoms. The number of aromatic nitrogens is 1. The van der Waals surface area contributed by atoms with Crippen LogP contribution in [0.25, 0.3) is 11.1 Å². The van der Waals surface area contributed by atoms with Crippen LogP contribution in [0.2, 0.25) is 0 Å². The first kappa shape index (κ1) is 17.5. The lowest BCUT2D eigenvalue weighted by atomic mass is 9.80. The molecule has 3 rings (SSSR count). The van der Waals surface area contributed by atoms with Crippen LogP contribution in [-0.2, 0) is 10.3 Å². The van der Waals surface area contributed by atoms with Gasteiger partial charge in [0.25, 0.3) is 5.91 Å². The summed E-state index contributed by atoms with van der Waals surface area (Å²) >= 11 is 0. The average molecular weight is 357 g/mol. The number of benzene rings is 1. The molecule has 6 nitrogen and oxygen atoms in total. The van der Waals surface area contributed by atoms with Gasteiger partial charge in [-0.1, -0.05) is 13.0 Å². The molecular formula is C18H17F2N5O. The van der Waals surface area contributed by atoms with E-state index in [0.717, 1.165) is 6.07 Å². The van der Waals surface area contributed by atoms with Crippen molar-refractivity contribution in [3.63, 3.8) is 0 Å². The summed E-state index contributed by atoms with van der Waals surface area (Å²) < 4.78 is 28.4. The van der Waals surface area contributed by atoms with Gasteiger partial charge in [-0.05, 0) is 48.0 Å². The van der Waals surface area contributed by atoms with E-state index in [0.29, 0.717) is 17.6 Å². The minimum atomic E-state index is -1.52. The summed E-state index contributed by atoms with van der Waals surface area (Å²) in [7, 11) is 0. The highest BCUT2D eigenvalue weighted by Crippen LogP contribution is 2.40. The second-order valence-corrected chi connectivity index (χ2v) is 5.74. The topological polar surface area (TPSA) is 106 Å². The Morgan fingerprint density at radius 1 is 1.31 bits per heavy atom. The van der Waals surface area contributed by atoms with Crippen molar-refractivity contribution in [1.82, 2.24) is 10.3 Å². The van der Waals surface area contributed by atoms with Crippen molar-refractivity contribution in [2.75, 3.05) is 0 Å². The quantitative estimate of drug-likeness (QED) is 0.727. The first-order valence-corrected chi connectivity index (χ1v) is 7.93. The first-order chi connectivity index (χ1) is 12.4. The minimum Gasteiger partial charge on any atom is -0.405 e. The van der Waals surface area contributed by atoms with Crippen LogP contribution in [0.3, 0.4) is 0 Å². The highest BCUT2D eigenvalue weighted by molar-refractivity contribution is 6.09. The summed E-state index contributed by atoms with van der Waals surface area (Å²) in [6.45, 7) is 1.81. The Morgan fingerprint density at radius 3 is 2.65 bits per heavy atom. The predicted octanol–water partition coefficient (Wildman–Crippen LogP) is 1.92. The third kappa shape index (κ3) is 2.59. The number of nitrogens with two attached hydrogens (primary N) is 2. The number of guanidine groups is 1. The Balaban J connectivity index is 2.27. The van der Waals surface area contributed by atoms with Crippen molar-refractivity contribution >= 4 is 11.9 Å². The number of amides is 1. The molecule has 5 N–H and O–H groups in total. The lowest BCUT2D eigenvalue weighted by Gasteiger charge is -2.27. The van der Waals surface area contributed by atoms with Gasteiger partial charge in [0.1, 0.15) is 5.82 Å². The largest absolute Gasteiger partial charge is 0.405 e. The smallest absolute Gasteiger partial charge is 0.263 e. The van der Waals surface area contributed by atoms with Crippen LogP contribution in [-0.4, -0.2) is 16.9 Å². The van der Waals surface area contributed by atoms with E-state index < -0.39 is 23.2 Å². The van der Waals surface area contributed by atoms with Gasteiger partial charge < -0.3 is 11.5 Å². The molecule has 1 aromatic heterocycles. The van der Waals surface area contributed by atoms with Crippen LogP contribution >= 0.6 is 0 Å². The normalized spacial score (nSPS) is 20.0. The second kappa shape index (κ2) is 6.55. The number of nitrogens with one attached hydrogen (secondary N) is 1. The molecule has 1 aromatic carbocycles. The lowest BCUT2D eigenvalue weighted by Crippen LogP contribution is -2.40. The number of carbonyl (C=O) groups is 1. The van der Waals surface area contributed by atoms with Crippen molar-refractivity contribution in [1.29, 1.82) is 0 Å². The van der Waals surface area contributed by atoms with E-state index in [1.165, 1.54) is 36.7 Å². The second-order valence-electron chi connectivity index (χ2n) is 5.74. The predicted molar refractivity (Wildman–Crippen MR) is 93.6 cm³/mol. The maximum absolute atomic E-state index is 14.4. The van der Waals surface area contributed by atoms with E-state index in [1.54, 1.807) is 0 Å². The van der Waals surface area contributed by atoms with Crippen molar-refractivity contribution < 1.29 is 13.6 Å². The van der Waals surface area contributed by atoms with Crippen molar-refractivity contribution in [3.05, 3.63) is 65.6 Å². The van der Waals surface area contributed by atoms with Gasteiger partial charge in [-0.3, -0.25) is 10.1 Å². The Bertz CT molecular complexity index is 941. The number of hydrogen-bond donors (Lipinski definition) is 3. The van der Waals surface area contributed by atoms with Gasteiger partial charge in [0.2, 0.25) is 5.95 Å². The number of hydrogen-bond acceptors (Lipinski definition) is 5. The molecule has 8 heteroatoms. The van der Waals surface area contributed by atoms with Gasteiger partial charge in [0.15, 0.2) is 11.5 Å². The van der Waals surface area contributed by atoms with E-state index in [4.69, 9.17) is 11.5 Å². The minimum absolute atomic E-state index is 0.0212. The molecule has 0 spiro atoms. The molecule has 0 aliphatic carbocycles. The van der Waals surface area contributed by atoms with Crippen LogP contribution in [0.1, 0.15) is 18.9 Å².